The Balaban J connectivity index is 2.08. The van der Waals surface area contributed by atoms with Crippen molar-refractivity contribution in [1.82, 2.24) is 0 Å². The molecular weight excluding hydrogens is 252 g/mol. The molecule has 0 aliphatic carbocycles. The molecule has 1 heterocycles. The third-order valence-electron chi connectivity index (χ3n) is 3.56. The summed E-state index contributed by atoms with van der Waals surface area (Å²) in [6.07, 6.45) is 2.16. The monoisotopic (exact) mass is 278 g/mol. The van der Waals surface area contributed by atoms with Crippen molar-refractivity contribution in [1.29, 1.82) is 0 Å². The summed E-state index contributed by atoms with van der Waals surface area (Å²) in [7, 11) is 1.69. The number of rotatable bonds is 5. The van der Waals surface area contributed by atoms with E-state index in [-0.39, 0.29) is 12.2 Å². The third-order valence-corrected chi connectivity index (χ3v) is 3.56. The molecule has 0 saturated carbocycles. The first-order valence-corrected chi connectivity index (χ1v) is 7.38. The summed E-state index contributed by atoms with van der Waals surface area (Å²) in [5.41, 5.74) is 1.23. The Morgan fingerprint density at radius 2 is 1.90 bits per heavy atom. The number of benzene rings is 1. The lowest BCUT2D eigenvalue weighted by molar-refractivity contribution is -0.147. The van der Waals surface area contributed by atoms with Crippen molar-refractivity contribution in [2.45, 2.75) is 58.5 Å². The SMILES string of the molecule is COc1cccc(C[C@@H]2OC(C)(C)O[C@@H]2CC(C)C)c1. The molecule has 112 valence electrons. The lowest BCUT2D eigenvalue weighted by Gasteiger charge is -2.18. The number of hydrogen-bond donors (Lipinski definition) is 0. The van der Waals surface area contributed by atoms with E-state index in [4.69, 9.17) is 14.2 Å². The molecule has 0 aromatic heterocycles. The zero-order valence-electron chi connectivity index (χ0n) is 13.2. The molecule has 1 aromatic rings. The second-order valence-electron chi connectivity index (χ2n) is 6.40. The first-order valence-electron chi connectivity index (χ1n) is 7.38. The molecule has 1 saturated heterocycles. The Morgan fingerprint density at radius 3 is 2.55 bits per heavy atom. The smallest absolute Gasteiger partial charge is 0.163 e. The standard InChI is InChI=1S/C17H26O3/c1-12(2)9-15-16(20-17(3,4)19-15)11-13-7-6-8-14(10-13)18-5/h6-8,10,12,15-16H,9,11H2,1-5H3/t15-,16+/m1/s1. The van der Waals surface area contributed by atoms with Gasteiger partial charge in [0.2, 0.25) is 0 Å². The normalized spacial score (nSPS) is 25.1. The van der Waals surface area contributed by atoms with Gasteiger partial charge in [-0.05, 0) is 43.9 Å². The summed E-state index contributed by atoms with van der Waals surface area (Å²) < 4.78 is 17.4. The molecule has 3 heteroatoms. The Labute approximate surface area is 122 Å². The summed E-state index contributed by atoms with van der Waals surface area (Å²) in [6.45, 7) is 8.42. The van der Waals surface area contributed by atoms with Gasteiger partial charge in [0.25, 0.3) is 0 Å². The first-order chi connectivity index (χ1) is 9.39. The highest BCUT2D eigenvalue weighted by Crippen LogP contribution is 2.33. The summed E-state index contributed by atoms with van der Waals surface area (Å²) in [6, 6.07) is 8.17. The van der Waals surface area contributed by atoms with Crippen molar-refractivity contribution in [3.8, 4) is 5.75 Å². The molecule has 0 radical (unpaired) electrons. The van der Waals surface area contributed by atoms with Gasteiger partial charge in [-0.15, -0.1) is 0 Å². The van der Waals surface area contributed by atoms with Crippen LogP contribution in [0.4, 0.5) is 0 Å². The van der Waals surface area contributed by atoms with Gasteiger partial charge in [0.1, 0.15) is 5.75 Å². The molecular formula is C17H26O3. The van der Waals surface area contributed by atoms with Crippen LogP contribution in [0.25, 0.3) is 0 Å². The zero-order valence-corrected chi connectivity index (χ0v) is 13.2. The third kappa shape index (κ3) is 3.97. The predicted octanol–water partition coefficient (Wildman–Crippen LogP) is 3.80. The first kappa shape index (κ1) is 15.3. The van der Waals surface area contributed by atoms with E-state index in [2.05, 4.69) is 26.0 Å². The molecule has 0 N–H and O–H groups in total. The van der Waals surface area contributed by atoms with Crippen LogP contribution in [-0.4, -0.2) is 25.1 Å². The Kier molecular flexibility index (Phi) is 4.71. The minimum absolute atomic E-state index is 0.111. The van der Waals surface area contributed by atoms with E-state index in [0.29, 0.717) is 5.92 Å². The highest BCUT2D eigenvalue weighted by molar-refractivity contribution is 5.29. The summed E-state index contributed by atoms with van der Waals surface area (Å²) in [4.78, 5) is 0. The summed E-state index contributed by atoms with van der Waals surface area (Å²) >= 11 is 0. The van der Waals surface area contributed by atoms with Gasteiger partial charge < -0.3 is 14.2 Å². The summed E-state index contributed by atoms with van der Waals surface area (Å²) in [5, 5.41) is 0. The van der Waals surface area contributed by atoms with E-state index < -0.39 is 5.79 Å². The van der Waals surface area contributed by atoms with Crippen molar-refractivity contribution in [2.75, 3.05) is 7.11 Å². The van der Waals surface area contributed by atoms with Gasteiger partial charge >= 0.3 is 0 Å². The van der Waals surface area contributed by atoms with Gasteiger partial charge in [0.05, 0.1) is 19.3 Å². The molecule has 1 aromatic carbocycles. The Bertz CT molecular complexity index is 440. The van der Waals surface area contributed by atoms with Crippen LogP contribution in [0.15, 0.2) is 24.3 Å². The molecule has 0 spiro atoms. The van der Waals surface area contributed by atoms with Crippen LogP contribution in [0.3, 0.4) is 0 Å². The Hall–Kier alpha value is -1.06. The van der Waals surface area contributed by atoms with Gasteiger partial charge in [0, 0.05) is 6.42 Å². The van der Waals surface area contributed by atoms with Crippen LogP contribution in [-0.2, 0) is 15.9 Å². The second-order valence-corrected chi connectivity index (χ2v) is 6.40. The van der Waals surface area contributed by atoms with Gasteiger partial charge in [-0.3, -0.25) is 0 Å². The van der Waals surface area contributed by atoms with Gasteiger partial charge in [0.15, 0.2) is 5.79 Å². The maximum absolute atomic E-state index is 6.08. The van der Waals surface area contributed by atoms with Crippen molar-refractivity contribution < 1.29 is 14.2 Å². The fourth-order valence-corrected chi connectivity index (χ4v) is 2.78. The van der Waals surface area contributed by atoms with E-state index in [0.717, 1.165) is 18.6 Å². The van der Waals surface area contributed by atoms with Crippen LogP contribution < -0.4 is 4.74 Å². The second kappa shape index (κ2) is 6.15. The van der Waals surface area contributed by atoms with Crippen molar-refractivity contribution in [2.24, 2.45) is 5.92 Å². The lowest BCUT2D eigenvalue weighted by Crippen LogP contribution is -2.26. The van der Waals surface area contributed by atoms with Crippen LogP contribution in [0, 0.1) is 5.92 Å². The molecule has 2 rings (SSSR count). The molecule has 0 unspecified atom stereocenters. The van der Waals surface area contributed by atoms with Gasteiger partial charge in [-0.1, -0.05) is 26.0 Å². The highest BCUT2D eigenvalue weighted by atomic mass is 16.7. The molecule has 0 bridgehead atoms. The number of hydrogen-bond acceptors (Lipinski definition) is 3. The average molecular weight is 278 g/mol. The van der Waals surface area contributed by atoms with E-state index in [9.17, 15) is 0 Å². The maximum Gasteiger partial charge on any atom is 0.163 e. The van der Waals surface area contributed by atoms with Gasteiger partial charge in [-0.2, -0.15) is 0 Å². The zero-order chi connectivity index (χ0) is 14.8. The molecule has 1 fully saturated rings. The van der Waals surface area contributed by atoms with Crippen LogP contribution in [0.2, 0.25) is 0 Å². The lowest BCUT2D eigenvalue weighted by atomic mass is 9.97. The highest BCUT2D eigenvalue weighted by Gasteiger charge is 2.41. The van der Waals surface area contributed by atoms with Crippen molar-refractivity contribution in [3.63, 3.8) is 0 Å². The quantitative estimate of drug-likeness (QED) is 0.820. The molecule has 20 heavy (non-hydrogen) atoms. The fourth-order valence-electron chi connectivity index (χ4n) is 2.78. The van der Waals surface area contributed by atoms with E-state index in [1.54, 1.807) is 7.11 Å². The molecule has 2 atom stereocenters. The summed E-state index contributed by atoms with van der Waals surface area (Å²) in [5.74, 6) is 1.01. The minimum Gasteiger partial charge on any atom is -0.497 e. The Morgan fingerprint density at radius 1 is 1.20 bits per heavy atom. The van der Waals surface area contributed by atoms with E-state index in [1.807, 2.05) is 26.0 Å². The van der Waals surface area contributed by atoms with Crippen LogP contribution in [0.1, 0.15) is 39.7 Å². The topological polar surface area (TPSA) is 27.7 Å². The maximum atomic E-state index is 6.08. The number of methoxy groups -OCH3 is 1. The van der Waals surface area contributed by atoms with Crippen LogP contribution >= 0.6 is 0 Å². The molecule has 0 amide bonds. The largest absolute Gasteiger partial charge is 0.497 e. The van der Waals surface area contributed by atoms with Gasteiger partial charge in [-0.25, -0.2) is 0 Å². The molecule has 1 aliphatic heterocycles. The van der Waals surface area contributed by atoms with Crippen molar-refractivity contribution in [3.05, 3.63) is 29.8 Å². The average Bonchev–Trinajstić information content (AvgIpc) is 2.63. The van der Waals surface area contributed by atoms with Crippen molar-refractivity contribution >= 4 is 0 Å². The fraction of sp³-hybridized carbons (Fsp3) is 0.647. The van der Waals surface area contributed by atoms with Crippen LogP contribution in [0.5, 0.6) is 5.75 Å². The molecule has 1 aliphatic rings. The molecule has 3 nitrogen and oxygen atoms in total. The van der Waals surface area contributed by atoms with E-state index >= 15 is 0 Å². The number of ether oxygens (including phenoxy) is 3. The van der Waals surface area contributed by atoms with E-state index in [1.165, 1.54) is 5.56 Å². The minimum atomic E-state index is -0.483. The predicted molar refractivity (Wildman–Crippen MR) is 80.0 cm³/mol.